The Morgan fingerprint density at radius 3 is 3.00 bits per heavy atom. The molecule has 1 amide bonds. The summed E-state index contributed by atoms with van der Waals surface area (Å²) in [7, 11) is 0. The number of carboxylic acids is 1. The number of amides is 1. The second-order valence-corrected chi connectivity index (χ2v) is 4.17. The number of hydrogen-bond donors (Lipinski definition) is 2. The third kappa shape index (κ3) is 3.07. The number of ether oxygens (including phenoxy) is 1. The molecule has 0 bridgehead atoms. The van der Waals surface area contributed by atoms with E-state index in [9.17, 15) is 9.59 Å². The van der Waals surface area contributed by atoms with Crippen LogP contribution in [0, 0.1) is 5.92 Å². The third-order valence-electron chi connectivity index (χ3n) is 2.76. The molecule has 1 fully saturated rings. The van der Waals surface area contributed by atoms with Crippen molar-refractivity contribution in [3.63, 3.8) is 0 Å². The number of aromatic carboxylic acids is 1. The van der Waals surface area contributed by atoms with Crippen molar-refractivity contribution in [2.75, 3.05) is 19.8 Å². The van der Waals surface area contributed by atoms with Gasteiger partial charge >= 0.3 is 5.97 Å². The summed E-state index contributed by atoms with van der Waals surface area (Å²) in [5.74, 6) is -1.73. The average Bonchev–Trinajstić information content (AvgIpc) is 2.87. The summed E-state index contributed by atoms with van der Waals surface area (Å²) in [4.78, 5) is 22.2. The molecule has 2 heterocycles. The molecule has 0 saturated carbocycles. The van der Waals surface area contributed by atoms with Crippen LogP contribution < -0.4 is 5.32 Å². The van der Waals surface area contributed by atoms with Crippen molar-refractivity contribution in [3.05, 3.63) is 17.5 Å². The maximum atomic E-state index is 11.7. The summed E-state index contributed by atoms with van der Waals surface area (Å²) < 4.78 is 9.80. The predicted octanol–water partition coefficient (Wildman–Crippen LogP) is 0.529. The Labute approximate surface area is 103 Å². The van der Waals surface area contributed by atoms with Crippen LogP contribution in [-0.2, 0) is 4.74 Å². The van der Waals surface area contributed by atoms with E-state index in [1.54, 1.807) is 0 Å². The van der Waals surface area contributed by atoms with Gasteiger partial charge in [0.25, 0.3) is 5.91 Å². The van der Waals surface area contributed by atoms with E-state index in [0.717, 1.165) is 25.5 Å². The van der Waals surface area contributed by atoms with E-state index in [1.807, 2.05) is 0 Å². The normalized spacial score (nSPS) is 19.4. The summed E-state index contributed by atoms with van der Waals surface area (Å²) in [6.07, 6.45) is 2.01. The van der Waals surface area contributed by atoms with Gasteiger partial charge in [-0.15, -0.1) is 0 Å². The molecule has 1 atom stereocenters. The van der Waals surface area contributed by atoms with Crippen molar-refractivity contribution < 1.29 is 24.0 Å². The van der Waals surface area contributed by atoms with Gasteiger partial charge in [-0.2, -0.15) is 0 Å². The highest BCUT2D eigenvalue weighted by atomic mass is 16.5. The quantitative estimate of drug-likeness (QED) is 0.812. The van der Waals surface area contributed by atoms with Gasteiger partial charge in [-0.25, -0.2) is 4.79 Å². The molecule has 0 radical (unpaired) electrons. The Hall–Kier alpha value is -1.89. The fourth-order valence-corrected chi connectivity index (χ4v) is 1.78. The molecule has 7 nitrogen and oxygen atoms in total. The van der Waals surface area contributed by atoms with Crippen LogP contribution in [0.25, 0.3) is 0 Å². The van der Waals surface area contributed by atoms with Crippen molar-refractivity contribution in [1.82, 2.24) is 10.5 Å². The third-order valence-corrected chi connectivity index (χ3v) is 2.76. The zero-order valence-electron chi connectivity index (χ0n) is 9.72. The van der Waals surface area contributed by atoms with Gasteiger partial charge in [0.05, 0.1) is 6.61 Å². The maximum Gasteiger partial charge on any atom is 0.374 e. The second-order valence-electron chi connectivity index (χ2n) is 4.17. The molecule has 7 heteroatoms. The maximum absolute atomic E-state index is 11.7. The van der Waals surface area contributed by atoms with Gasteiger partial charge in [0, 0.05) is 19.2 Å². The van der Waals surface area contributed by atoms with E-state index in [1.165, 1.54) is 0 Å². The lowest BCUT2D eigenvalue weighted by atomic mass is 10.0. The van der Waals surface area contributed by atoms with Crippen LogP contribution in [0.1, 0.15) is 33.9 Å². The molecule has 98 valence electrons. The summed E-state index contributed by atoms with van der Waals surface area (Å²) in [5, 5.41) is 14.7. The Bertz CT molecular complexity index is 436. The minimum absolute atomic E-state index is 0.0240. The molecule has 1 aromatic rings. The van der Waals surface area contributed by atoms with Gasteiger partial charge in [-0.1, -0.05) is 5.16 Å². The van der Waals surface area contributed by atoms with Gasteiger partial charge < -0.3 is 19.7 Å². The fraction of sp³-hybridized carbons (Fsp3) is 0.545. The zero-order chi connectivity index (χ0) is 13.0. The van der Waals surface area contributed by atoms with Crippen LogP contribution in [0.2, 0.25) is 0 Å². The minimum atomic E-state index is -1.25. The van der Waals surface area contributed by atoms with Crippen LogP contribution in [-0.4, -0.2) is 41.9 Å². The SMILES string of the molecule is O=C(NCC1CCCOC1)c1cc(C(=O)O)on1. The minimum Gasteiger partial charge on any atom is -0.475 e. The zero-order valence-corrected chi connectivity index (χ0v) is 9.72. The summed E-state index contributed by atoms with van der Waals surface area (Å²) in [6.45, 7) is 1.91. The lowest BCUT2D eigenvalue weighted by Crippen LogP contribution is -2.33. The first kappa shape index (κ1) is 12.6. The Kier molecular flexibility index (Phi) is 3.93. The lowest BCUT2D eigenvalue weighted by molar-refractivity contribution is 0.0535. The number of nitrogens with one attached hydrogen (secondary N) is 1. The molecule has 0 aromatic carbocycles. The van der Waals surface area contributed by atoms with E-state index in [0.29, 0.717) is 19.1 Å². The molecular formula is C11H14N2O5. The van der Waals surface area contributed by atoms with Crippen LogP contribution in [0.15, 0.2) is 10.6 Å². The van der Waals surface area contributed by atoms with Crippen molar-refractivity contribution in [2.24, 2.45) is 5.92 Å². The molecule has 1 aliphatic rings. The van der Waals surface area contributed by atoms with Crippen molar-refractivity contribution in [1.29, 1.82) is 0 Å². The van der Waals surface area contributed by atoms with Crippen LogP contribution in [0.5, 0.6) is 0 Å². The van der Waals surface area contributed by atoms with E-state index in [4.69, 9.17) is 9.84 Å². The highest BCUT2D eigenvalue weighted by molar-refractivity contribution is 5.94. The standard InChI is InChI=1S/C11H14N2O5/c14-10(8-4-9(11(15)16)18-13-8)12-5-7-2-1-3-17-6-7/h4,7H,1-3,5-6H2,(H,12,14)(H,15,16). The van der Waals surface area contributed by atoms with Crippen molar-refractivity contribution in [2.45, 2.75) is 12.8 Å². The lowest BCUT2D eigenvalue weighted by Gasteiger charge is -2.21. The molecule has 1 aromatic heterocycles. The molecular weight excluding hydrogens is 240 g/mol. The Morgan fingerprint density at radius 1 is 1.56 bits per heavy atom. The Morgan fingerprint density at radius 2 is 2.39 bits per heavy atom. The molecule has 18 heavy (non-hydrogen) atoms. The largest absolute Gasteiger partial charge is 0.475 e. The van der Waals surface area contributed by atoms with Crippen molar-refractivity contribution >= 4 is 11.9 Å². The molecule has 2 N–H and O–H groups in total. The van der Waals surface area contributed by atoms with Crippen LogP contribution >= 0.6 is 0 Å². The molecule has 0 aliphatic carbocycles. The Balaban J connectivity index is 1.84. The van der Waals surface area contributed by atoms with Crippen molar-refractivity contribution in [3.8, 4) is 0 Å². The topological polar surface area (TPSA) is 102 Å². The predicted molar refractivity (Wildman–Crippen MR) is 59.3 cm³/mol. The number of carbonyl (C=O) groups excluding carboxylic acids is 1. The first-order chi connectivity index (χ1) is 8.66. The number of aromatic nitrogens is 1. The summed E-state index contributed by atoms with van der Waals surface area (Å²) in [6, 6.07) is 1.11. The first-order valence-corrected chi connectivity index (χ1v) is 5.73. The van der Waals surface area contributed by atoms with E-state index in [2.05, 4.69) is 15.0 Å². The first-order valence-electron chi connectivity index (χ1n) is 5.73. The fourth-order valence-electron chi connectivity index (χ4n) is 1.78. The van der Waals surface area contributed by atoms with Gasteiger partial charge in [0.15, 0.2) is 5.69 Å². The molecule has 1 saturated heterocycles. The van der Waals surface area contributed by atoms with E-state index < -0.39 is 11.9 Å². The van der Waals surface area contributed by atoms with Gasteiger partial charge in [-0.05, 0) is 18.8 Å². The highest BCUT2D eigenvalue weighted by Gasteiger charge is 2.19. The molecule has 1 aliphatic heterocycles. The monoisotopic (exact) mass is 254 g/mol. The smallest absolute Gasteiger partial charge is 0.374 e. The number of hydrogen-bond acceptors (Lipinski definition) is 5. The number of carbonyl (C=O) groups is 2. The van der Waals surface area contributed by atoms with Gasteiger partial charge in [0.2, 0.25) is 5.76 Å². The van der Waals surface area contributed by atoms with Gasteiger partial charge in [-0.3, -0.25) is 4.79 Å². The average molecular weight is 254 g/mol. The van der Waals surface area contributed by atoms with E-state index >= 15 is 0 Å². The molecule has 1 unspecified atom stereocenters. The number of nitrogens with zero attached hydrogens (tertiary/aromatic N) is 1. The molecule has 0 spiro atoms. The summed E-state index contributed by atoms with van der Waals surface area (Å²) >= 11 is 0. The van der Waals surface area contributed by atoms with E-state index in [-0.39, 0.29) is 11.5 Å². The second kappa shape index (κ2) is 5.63. The summed E-state index contributed by atoms with van der Waals surface area (Å²) in [5.41, 5.74) is -0.0240. The number of rotatable bonds is 4. The highest BCUT2D eigenvalue weighted by Crippen LogP contribution is 2.12. The van der Waals surface area contributed by atoms with Crippen LogP contribution in [0.3, 0.4) is 0 Å². The van der Waals surface area contributed by atoms with Crippen LogP contribution in [0.4, 0.5) is 0 Å². The van der Waals surface area contributed by atoms with Gasteiger partial charge in [0.1, 0.15) is 0 Å². The number of carboxylic acid groups (broad SMARTS) is 1. The molecule has 2 rings (SSSR count).